The highest BCUT2D eigenvalue weighted by atomic mass is 16.6. The Hall–Kier alpha value is -1.17. The van der Waals surface area contributed by atoms with E-state index in [1.807, 2.05) is 0 Å². The number of carbonyl (C=O) groups is 1. The molecule has 2 fully saturated rings. The van der Waals surface area contributed by atoms with Crippen molar-refractivity contribution < 1.29 is 14.5 Å². The minimum atomic E-state index is -0.644. The molecule has 6 nitrogen and oxygen atoms in total. The topological polar surface area (TPSA) is 72.7 Å². The number of hydrogen-bond donors (Lipinski definition) is 0. The Morgan fingerprint density at radius 3 is 2.94 bits per heavy atom. The highest BCUT2D eigenvalue weighted by Gasteiger charge is 2.54. The number of nitrogens with zero attached hydrogens (tertiary/aromatic N) is 2. The molecule has 102 valence electrons. The molecule has 1 heterocycles. The fourth-order valence-corrected chi connectivity index (χ4v) is 2.47. The monoisotopic (exact) mass is 256 g/mol. The first-order valence-corrected chi connectivity index (χ1v) is 6.67. The van der Waals surface area contributed by atoms with E-state index in [9.17, 15) is 14.9 Å². The van der Waals surface area contributed by atoms with Gasteiger partial charge in [0.1, 0.15) is 5.92 Å². The summed E-state index contributed by atoms with van der Waals surface area (Å²) in [5.74, 6) is -0.438. The number of carbonyl (C=O) groups excluding carboxylic acids is 1. The van der Waals surface area contributed by atoms with Crippen LogP contribution in [0, 0.1) is 16.0 Å². The molecule has 0 aromatic heterocycles. The summed E-state index contributed by atoms with van der Waals surface area (Å²) in [6, 6.07) is -0.644. The van der Waals surface area contributed by atoms with Crippen molar-refractivity contribution in [2.24, 2.45) is 5.92 Å². The highest BCUT2D eigenvalue weighted by molar-refractivity contribution is 5.82. The van der Waals surface area contributed by atoms with Crippen molar-refractivity contribution >= 4 is 5.91 Å². The van der Waals surface area contributed by atoms with Gasteiger partial charge < -0.3 is 9.64 Å². The average Bonchev–Trinajstić information content (AvgIpc) is 3.16. The van der Waals surface area contributed by atoms with E-state index >= 15 is 0 Å². The summed E-state index contributed by atoms with van der Waals surface area (Å²) in [6.07, 6.45) is 3.39. The van der Waals surface area contributed by atoms with Crippen LogP contribution in [0.1, 0.15) is 32.6 Å². The Kier molecular flexibility index (Phi) is 4.16. The molecule has 0 bridgehead atoms. The van der Waals surface area contributed by atoms with E-state index in [1.165, 1.54) is 0 Å². The van der Waals surface area contributed by atoms with E-state index in [-0.39, 0.29) is 22.9 Å². The molecule has 1 saturated carbocycles. The molecule has 2 rings (SSSR count). The van der Waals surface area contributed by atoms with Gasteiger partial charge in [-0.3, -0.25) is 14.9 Å². The van der Waals surface area contributed by atoms with E-state index < -0.39 is 6.04 Å². The molecule has 1 aliphatic heterocycles. The second-order valence-corrected chi connectivity index (χ2v) is 5.11. The predicted octanol–water partition coefficient (Wildman–Crippen LogP) is 1.07. The normalized spacial score (nSPS) is 31.2. The molecule has 0 aromatic carbocycles. The van der Waals surface area contributed by atoms with Crippen molar-refractivity contribution in [3.63, 3.8) is 0 Å². The van der Waals surface area contributed by atoms with Gasteiger partial charge in [0, 0.05) is 31.0 Å². The van der Waals surface area contributed by atoms with Gasteiger partial charge in [-0.15, -0.1) is 0 Å². The lowest BCUT2D eigenvalue weighted by atomic mass is 10.1. The summed E-state index contributed by atoms with van der Waals surface area (Å²) in [5.41, 5.74) is 0. The first-order valence-electron chi connectivity index (χ1n) is 6.67. The van der Waals surface area contributed by atoms with Crippen LogP contribution in [-0.2, 0) is 9.53 Å². The second kappa shape index (κ2) is 5.65. The van der Waals surface area contributed by atoms with Crippen LogP contribution < -0.4 is 0 Å². The first-order chi connectivity index (χ1) is 8.63. The van der Waals surface area contributed by atoms with Gasteiger partial charge in [0.2, 0.25) is 11.9 Å². The van der Waals surface area contributed by atoms with Gasteiger partial charge in [0.15, 0.2) is 0 Å². The lowest BCUT2D eigenvalue weighted by molar-refractivity contribution is -0.497. The molecule has 0 aromatic rings. The van der Waals surface area contributed by atoms with Crippen LogP contribution >= 0.6 is 0 Å². The zero-order valence-corrected chi connectivity index (χ0v) is 10.7. The maximum Gasteiger partial charge on any atom is 0.232 e. The van der Waals surface area contributed by atoms with Gasteiger partial charge in [-0.05, 0) is 19.3 Å². The van der Waals surface area contributed by atoms with Crippen LogP contribution in [0.5, 0.6) is 0 Å². The lowest BCUT2D eigenvalue weighted by Crippen LogP contribution is -2.44. The molecule has 1 aliphatic carbocycles. The summed E-state index contributed by atoms with van der Waals surface area (Å²) in [7, 11) is 0. The number of rotatable bonds is 5. The summed E-state index contributed by atoms with van der Waals surface area (Å²) < 4.78 is 5.66. The van der Waals surface area contributed by atoms with E-state index in [4.69, 9.17) is 4.74 Å². The molecule has 0 N–H and O–H groups in total. The number of likely N-dealkylation sites (tertiary alicyclic amines) is 1. The molecule has 1 amide bonds. The molecule has 0 unspecified atom stereocenters. The van der Waals surface area contributed by atoms with Crippen molar-refractivity contribution in [3.05, 3.63) is 10.1 Å². The van der Waals surface area contributed by atoms with Crippen molar-refractivity contribution in [2.45, 2.75) is 44.8 Å². The Morgan fingerprint density at radius 2 is 2.33 bits per heavy atom. The molecule has 3 atom stereocenters. The maximum atomic E-state index is 12.1. The Labute approximate surface area is 106 Å². The summed E-state index contributed by atoms with van der Waals surface area (Å²) >= 11 is 0. The number of nitro groups is 1. The summed E-state index contributed by atoms with van der Waals surface area (Å²) in [5, 5.41) is 10.6. The van der Waals surface area contributed by atoms with Gasteiger partial charge in [-0.25, -0.2) is 0 Å². The third-order valence-electron chi connectivity index (χ3n) is 3.59. The molecule has 2 aliphatic rings. The molecule has 18 heavy (non-hydrogen) atoms. The van der Waals surface area contributed by atoms with Crippen LogP contribution in [0.2, 0.25) is 0 Å². The predicted molar refractivity (Wildman–Crippen MR) is 64.7 cm³/mol. The minimum Gasteiger partial charge on any atom is -0.376 e. The van der Waals surface area contributed by atoms with Crippen molar-refractivity contribution in [3.8, 4) is 0 Å². The van der Waals surface area contributed by atoms with E-state index in [2.05, 4.69) is 6.92 Å². The minimum absolute atomic E-state index is 0.0542. The van der Waals surface area contributed by atoms with Crippen LogP contribution in [0.4, 0.5) is 0 Å². The van der Waals surface area contributed by atoms with Crippen LogP contribution in [-0.4, -0.2) is 47.6 Å². The third-order valence-corrected chi connectivity index (χ3v) is 3.59. The highest BCUT2D eigenvalue weighted by Crippen LogP contribution is 2.35. The number of amides is 1. The van der Waals surface area contributed by atoms with Gasteiger partial charge in [-0.1, -0.05) is 6.92 Å². The van der Waals surface area contributed by atoms with Crippen LogP contribution in [0.15, 0.2) is 0 Å². The zero-order chi connectivity index (χ0) is 13.1. The third kappa shape index (κ3) is 2.98. The standard InChI is InChI=1S/C12H20N2O4/c1-2-6-18-9-4-3-5-13(8-9)12(15)10-7-11(10)14(16)17/h9-11H,2-8H2,1H3/t9-,10+,11-/m1/s1. The smallest absolute Gasteiger partial charge is 0.232 e. The molecule has 6 heteroatoms. The van der Waals surface area contributed by atoms with Crippen molar-refractivity contribution in [2.75, 3.05) is 19.7 Å². The molecule has 0 spiro atoms. The quantitative estimate of drug-likeness (QED) is 0.545. The maximum absolute atomic E-state index is 12.1. The van der Waals surface area contributed by atoms with Crippen molar-refractivity contribution in [1.29, 1.82) is 0 Å². The zero-order valence-electron chi connectivity index (χ0n) is 10.7. The van der Waals surface area contributed by atoms with Gasteiger partial charge in [0.25, 0.3) is 0 Å². The van der Waals surface area contributed by atoms with Gasteiger partial charge in [-0.2, -0.15) is 0 Å². The Balaban J connectivity index is 1.82. The van der Waals surface area contributed by atoms with Gasteiger partial charge >= 0.3 is 0 Å². The number of piperidine rings is 1. The van der Waals surface area contributed by atoms with Crippen LogP contribution in [0.3, 0.4) is 0 Å². The number of hydrogen-bond acceptors (Lipinski definition) is 4. The summed E-state index contributed by atoms with van der Waals surface area (Å²) in [6.45, 7) is 4.08. The lowest BCUT2D eigenvalue weighted by Gasteiger charge is -2.32. The largest absolute Gasteiger partial charge is 0.376 e. The molecule has 1 saturated heterocycles. The molecular weight excluding hydrogens is 236 g/mol. The molecule has 0 radical (unpaired) electrons. The Morgan fingerprint density at radius 1 is 1.56 bits per heavy atom. The van der Waals surface area contributed by atoms with E-state index in [0.29, 0.717) is 26.1 Å². The van der Waals surface area contributed by atoms with E-state index in [0.717, 1.165) is 19.3 Å². The summed E-state index contributed by atoms with van der Waals surface area (Å²) in [4.78, 5) is 24.0. The van der Waals surface area contributed by atoms with Gasteiger partial charge in [0.05, 0.1) is 6.10 Å². The SMILES string of the molecule is CCCO[C@@H]1CCCN(C(=O)[C@H]2C[C@H]2[N+](=O)[O-])C1. The first kappa shape index (κ1) is 13.3. The van der Waals surface area contributed by atoms with Crippen molar-refractivity contribution in [1.82, 2.24) is 4.90 Å². The molecular formula is C12H20N2O4. The van der Waals surface area contributed by atoms with E-state index in [1.54, 1.807) is 4.90 Å². The number of ether oxygens (including phenoxy) is 1. The Bertz CT molecular complexity index is 334. The average molecular weight is 256 g/mol. The van der Waals surface area contributed by atoms with Crippen LogP contribution in [0.25, 0.3) is 0 Å². The fourth-order valence-electron chi connectivity index (χ4n) is 2.47. The second-order valence-electron chi connectivity index (χ2n) is 5.11. The fraction of sp³-hybridized carbons (Fsp3) is 0.917.